The Morgan fingerprint density at radius 3 is 2.56 bits per heavy atom. The van der Waals surface area contributed by atoms with Gasteiger partial charge in [0, 0.05) is 6.04 Å². The van der Waals surface area contributed by atoms with Crippen LogP contribution in [0.3, 0.4) is 0 Å². The van der Waals surface area contributed by atoms with Crippen molar-refractivity contribution in [3.05, 3.63) is 35.4 Å². The zero-order chi connectivity index (χ0) is 13.3. The molecule has 3 nitrogen and oxygen atoms in total. The molecule has 1 fully saturated rings. The Morgan fingerprint density at radius 1 is 1.39 bits per heavy atom. The van der Waals surface area contributed by atoms with Crippen molar-refractivity contribution in [3.8, 4) is 0 Å². The molecule has 18 heavy (non-hydrogen) atoms. The van der Waals surface area contributed by atoms with Crippen LogP contribution < -0.4 is 5.32 Å². The molecule has 1 aromatic carbocycles. The fourth-order valence-corrected chi connectivity index (χ4v) is 1.69. The molecule has 0 aliphatic heterocycles. The number of carboxylic acids is 1. The minimum atomic E-state index is -4.46. The molecule has 1 aliphatic carbocycles. The number of carboxylic acid groups (broad SMARTS) is 1. The van der Waals surface area contributed by atoms with Crippen LogP contribution in [-0.4, -0.2) is 17.1 Å². The van der Waals surface area contributed by atoms with Crippen molar-refractivity contribution in [2.24, 2.45) is 0 Å². The van der Waals surface area contributed by atoms with Crippen LogP contribution in [0, 0.1) is 0 Å². The summed E-state index contributed by atoms with van der Waals surface area (Å²) in [4.78, 5) is 11.1. The zero-order valence-electron chi connectivity index (χ0n) is 9.37. The molecular formula is C12H12F3NO2. The fraction of sp³-hybridized carbons (Fsp3) is 0.417. The molecule has 2 N–H and O–H groups in total. The summed E-state index contributed by atoms with van der Waals surface area (Å²) in [5, 5.41) is 11.9. The highest BCUT2D eigenvalue weighted by Gasteiger charge is 2.33. The largest absolute Gasteiger partial charge is 0.480 e. The lowest BCUT2D eigenvalue weighted by Gasteiger charge is -2.16. The first-order valence-corrected chi connectivity index (χ1v) is 5.54. The number of hydrogen-bond acceptors (Lipinski definition) is 2. The van der Waals surface area contributed by atoms with Crippen molar-refractivity contribution in [2.75, 3.05) is 0 Å². The minimum Gasteiger partial charge on any atom is -0.480 e. The van der Waals surface area contributed by atoms with Gasteiger partial charge < -0.3 is 5.11 Å². The van der Waals surface area contributed by atoms with E-state index in [0.29, 0.717) is 0 Å². The Hall–Kier alpha value is -1.56. The van der Waals surface area contributed by atoms with E-state index in [0.717, 1.165) is 25.0 Å². The third kappa shape index (κ3) is 3.01. The van der Waals surface area contributed by atoms with Gasteiger partial charge >= 0.3 is 12.1 Å². The number of nitrogens with one attached hydrogen (secondary N) is 1. The standard InChI is InChI=1S/C12H12F3NO2/c13-12(14,15)8-3-1-2-7(6-8)10(11(17)18)16-9-4-5-9/h1-3,6,9-10,16H,4-5H2,(H,17,18). The maximum Gasteiger partial charge on any atom is 0.416 e. The number of halogens is 3. The summed E-state index contributed by atoms with van der Waals surface area (Å²) >= 11 is 0. The van der Waals surface area contributed by atoms with Gasteiger partial charge in [-0.2, -0.15) is 13.2 Å². The topological polar surface area (TPSA) is 49.3 Å². The maximum atomic E-state index is 12.5. The number of aliphatic carboxylic acids is 1. The van der Waals surface area contributed by atoms with Gasteiger partial charge in [-0.25, -0.2) is 0 Å². The van der Waals surface area contributed by atoms with E-state index in [9.17, 15) is 18.0 Å². The number of hydrogen-bond donors (Lipinski definition) is 2. The molecule has 2 rings (SSSR count). The third-order valence-corrected chi connectivity index (χ3v) is 2.77. The molecule has 0 amide bonds. The van der Waals surface area contributed by atoms with Crippen LogP contribution in [0.15, 0.2) is 24.3 Å². The molecule has 0 bridgehead atoms. The molecule has 1 saturated carbocycles. The van der Waals surface area contributed by atoms with Crippen molar-refractivity contribution in [1.82, 2.24) is 5.32 Å². The highest BCUT2D eigenvalue weighted by Crippen LogP contribution is 2.31. The van der Waals surface area contributed by atoms with E-state index in [1.54, 1.807) is 0 Å². The number of benzene rings is 1. The second-order valence-electron chi connectivity index (χ2n) is 4.34. The quantitative estimate of drug-likeness (QED) is 0.873. The second-order valence-corrected chi connectivity index (χ2v) is 4.34. The molecule has 0 aromatic heterocycles. The van der Waals surface area contributed by atoms with E-state index in [1.807, 2.05) is 0 Å². The van der Waals surface area contributed by atoms with Gasteiger partial charge in [0.25, 0.3) is 0 Å². The van der Waals surface area contributed by atoms with Crippen LogP contribution in [0.4, 0.5) is 13.2 Å². The predicted molar refractivity (Wildman–Crippen MR) is 58.0 cm³/mol. The lowest BCUT2D eigenvalue weighted by atomic mass is 10.0. The molecule has 1 atom stereocenters. The summed E-state index contributed by atoms with van der Waals surface area (Å²) in [5.41, 5.74) is -0.701. The van der Waals surface area contributed by atoms with E-state index in [1.165, 1.54) is 12.1 Å². The molecule has 98 valence electrons. The second kappa shape index (κ2) is 4.61. The first-order chi connectivity index (χ1) is 8.38. The Balaban J connectivity index is 2.26. The fourth-order valence-electron chi connectivity index (χ4n) is 1.69. The van der Waals surface area contributed by atoms with Crippen molar-refractivity contribution in [3.63, 3.8) is 0 Å². The van der Waals surface area contributed by atoms with E-state index in [-0.39, 0.29) is 11.6 Å². The number of carbonyl (C=O) groups is 1. The average molecular weight is 259 g/mol. The Kier molecular flexibility index (Phi) is 3.30. The first-order valence-electron chi connectivity index (χ1n) is 5.54. The van der Waals surface area contributed by atoms with Crippen molar-refractivity contribution in [2.45, 2.75) is 31.1 Å². The van der Waals surface area contributed by atoms with Gasteiger partial charge in [0.05, 0.1) is 5.56 Å². The summed E-state index contributed by atoms with van der Waals surface area (Å²) in [6.07, 6.45) is -2.73. The smallest absolute Gasteiger partial charge is 0.416 e. The van der Waals surface area contributed by atoms with Gasteiger partial charge in [0.2, 0.25) is 0 Å². The maximum absolute atomic E-state index is 12.5. The molecule has 0 radical (unpaired) electrons. The van der Waals surface area contributed by atoms with Crippen molar-refractivity contribution >= 4 is 5.97 Å². The minimum absolute atomic E-state index is 0.0978. The molecule has 1 aromatic rings. The van der Waals surface area contributed by atoms with E-state index < -0.39 is 23.8 Å². The molecule has 1 aliphatic rings. The SMILES string of the molecule is O=C(O)C(NC1CC1)c1cccc(C(F)(F)F)c1. The normalized spacial score (nSPS) is 17.5. The van der Waals surface area contributed by atoms with Gasteiger partial charge in [-0.15, -0.1) is 0 Å². The van der Waals surface area contributed by atoms with Crippen LogP contribution >= 0.6 is 0 Å². The highest BCUT2D eigenvalue weighted by molar-refractivity contribution is 5.75. The summed E-state index contributed by atoms with van der Waals surface area (Å²) in [6, 6.07) is 3.44. The van der Waals surface area contributed by atoms with E-state index in [4.69, 9.17) is 5.11 Å². The van der Waals surface area contributed by atoms with Gasteiger partial charge in [-0.05, 0) is 30.5 Å². The summed E-state index contributed by atoms with van der Waals surface area (Å²) < 4.78 is 37.6. The summed E-state index contributed by atoms with van der Waals surface area (Å²) in [7, 11) is 0. The lowest BCUT2D eigenvalue weighted by Crippen LogP contribution is -2.30. The Bertz CT molecular complexity index is 455. The van der Waals surface area contributed by atoms with Gasteiger partial charge in [-0.1, -0.05) is 12.1 Å². The van der Waals surface area contributed by atoms with Crippen molar-refractivity contribution in [1.29, 1.82) is 0 Å². The molecule has 1 unspecified atom stereocenters. The third-order valence-electron chi connectivity index (χ3n) is 2.77. The van der Waals surface area contributed by atoms with Gasteiger partial charge in [-0.3, -0.25) is 10.1 Å². The van der Waals surface area contributed by atoms with Crippen LogP contribution in [0.5, 0.6) is 0 Å². The molecular weight excluding hydrogens is 247 g/mol. The molecule has 0 saturated heterocycles. The number of alkyl halides is 3. The monoisotopic (exact) mass is 259 g/mol. The van der Waals surface area contributed by atoms with Crippen molar-refractivity contribution < 1.29 is 23.1 Å². The average Bonchev–Trinajstić information content (AvgIpc) is 3.08. The molecule has 6 heteroatoms. The molecule has 0 heterocycles. The van der Waals surface area contributed by atoms with Gasteiger partial charge in [0.1, 0.15) is 6.04 Å². The zero-order valence-corrected chi connectivity index (χ0v) is 9.37. The predicted octanol–water partition coefficient (Wildman–Crippen LogP) is 2.58. The Labute approximate surface area is 102 Å². The lowest BCUT2D eigenvalue weighted by molar-refractivity contribution is -0.140. The summed E-state index contributed by atoms with van der Waals surface area (Å²) in [6.45, 7) is 0. The van der Waals surface area contributed by atoms with Crippen LogP contribution in [0.1, 0.15) is 30.0 Å². The van der Waals surface area contributed by atoms with E-state index >= 15 is 0 Å². The molecule has 0 spiro atoms. The van der Waals surface area contributed by atoms with Crippen LogP contribution in [0.25, 0.3) is 0 Å². The van der Waals surface area contributed by atoms with E-state index in [2.05, 4.69) is 5.32 Å². The number of rotatable bonds is 4. The van der Waals surface area contributed by atoms with Crippen LogP contribution in [-0.2, 0) is 11.0 Å². The van der Waals surface area contributed by atoms with Gasteiger partial charge in [0.15, 0.2) is 0 Å². The Morgan fingerprint density at radius 2 is 2.06 bits per heavy atom. The first kappa shape index (κ1) is 12.9. The summed E-state index contributed by atoms with van der Waals surface area (Å²) in [5.74, 6) is -1.17. The van der Waals surface area contributed by atoms with Crippen LogP contribution in [0.2, 0.25) is 0 Å². The highest BCUT2D eigenvalue weighted by atomic mass is 19.4.